The predicted molar refractivity (Wildman–Crippen MR) is 93.7 cm³/mol. The van der Waals surface area contributed by atoms with Crippen molar-refractivity contribution in [2.75, 3.05) is 38.7 Å². The quantitative estimate of drug-likeness (QED) is 0.804. The van der Waals surface area contributed by atoms with Crippen molar-refractivity contribution in [3.63, 3.8) is 0 Å². The van der Waals surface area contributed by atoms with Gasteiger partial charge in [0.2, 0.25) is 0 Å². The van der Waals surface area contributed by atoms with Crippen LogP contribution in [-0.4, -0.2) is 52.7 Å². The number of aromatic nitrogens is 3. The molecule has 1 saturated heterocycles. The number of nitrogens with zero attached hydrogens (tertiary/aromatic N) is 5. The highest BCUT2D eigenvalue weighted by Gasteiger charge is 2.30. The summed E-state index contributed by atoms with van der Waals surface area (Å²) in [6, 6.07) is 0. The van der Waals surface area contributed by atoms with Crippen molar-refractivity contribution >= 4 is 23.5 Å². The first-order chi connectivity index (χ1) is 11.0. The molecular weight excluding hydrogens is 312 g/mol. The van der Waals surface area contributed by atoms with Crippen LogP contribution >= 0.6 is 12.1 Å². The Morgan fingerprint density at radius 3 is 2.83 bits per heavy atom. The molecule has 2 N–H and O–H groups in total. The second-order valence-electron chi connectivity index (χ2n) is 6.11. The van der Waals surface area contributed by atoms with E-state index in [1.54, 1.807) is 7.11 Å². The molecule has 0 spiro atoms. The van der Waals surface area contributed by atoms with Gasteiger partial charge in [0.15, 0.2) is 5.82 Å². The third-order valence-corrected chi connectivity index (χ3v) is 4.98. The lowest BCUT2D eigenvalue weighted by molar-refractivity contribution is 0.353. The number of hydrogen-bond acceptors (Lipinski definition) is 7. The van der Waals surface area contributed by atoms with Gasteiger partial charge in [-0.3, -0.25) is 5.14 Å². The van der Waals surface area contributed by atoms with Crippen LogP contribution in [0.3, 0.4) is 0 Å². The van der Waals surface area contributed by atoms with E-state index in [1.807, 2.05) is 24.7 Å². The third-order valence-electron chi connectivity index (χ3n) is 4.43. The Labute approximate surface area is 141 Å². The van der Waals surface area contributed by atoms with E-state index in [4.69, 9.17) is 9.88 Å². The van der Waals surface area contributed by atoms with Crippen LogP contribution in [0.4, 0.5) is 5.82 Å². The normalized spacial score (nSPS) is 15.5. The summed E-state index contributed by atoms with van der Waals surface area (Å²) in [5, 5.41) is 10.0. The van der Waals surface area contributed by atoms with E-state index in [-0.39, 0.29) is 0 Å². The first kappa shape index (κ1) is 16.4. The lowest BCUT2D eigenvalue weighted by atomic mass is 9.96. The number of methoxy groups -OCH3 is 1. The molecule has 7 nitrogen and oxygen atoms in total. The fourth-order valence-corrected chi connectivity index (χ4v) is 3.27. The molecule has 1 fully saturated rings. The van der Waals surface area contributed by atoms with E-state index in [0.717, 1.165) is 54.5 Å². The smallest absolute Gasteiger partial charge is 0.157 e. The van der Waals surface area contributed by atoms with Crippen LogP contribution in [0.15, 0.2) is 6.20 Å². The van der Waals surface area contributed by atoms with E-state index < -0.39 is 0 Å². The molecule has 2 aromatic heterocycles. The third kappa shape index (κ3) is 3.11. The molecule has 2 aromatic rings. The number of nitrogens with two attached hydrogens (primary N) is 1. The predicted octanol–water partition coefficient (Wildman–Crippen LogP) is 1.63. The molecule has 8 heteroatoms. The number of ether oxygens (including phenoxy) is 1. The molecule has 0 radical (unpaired) electrons. The minimum absolute atomic E-state index is 0.692. The Morgan fingerprint density at radius 2 is 2.17 bits per heavy atom. The summed E-state index contributed by atoms with van der Waals surface area (Å²) < 4.78 is 9.38. The molecule has 0 amide bonds. The lowest BCUT2D eigenvalue weighted by Crippen LogP contribution is -2.48. The second-order valence-corrected chi connectivity index (χ2v) is 6.95. The van der Waals surface area contributed by atoms with Crippen molar-refractivity contribution in [1.29, 1.82) is 0 Å². The fourth-order valence-electron chi connectivity index (χ4n) is 3.06. The van der Waals surface area contributed by atoms with Crippen LogP contribution in [0.1, 0.15) is 17.8 Å². The SMILES string of the molecule is COc1cn2nc(C)nc(N3CC(CCN(C)SN)C3)c2c1C. The Kier molecular flexibility index (Phi) is 4.65. The van der Waals surface area contributed by atoms with Gasteiger partial charge in [-0.1, -0.05) is 0 Å². The average molecular weight is 336 g/mol. The number of hydrogen-bond donors (Lipinski definition) is 1. The van der Waals surface area contributed by atoms with Crippen molar-refractivity contribution in [3.8, 4) is 5.75 Å². The zero-order valence-corrected chi connectivity index (χ0v) is 14.9. The molecule has 0 aromatic carbocycles. The van der Waals surface area contributed by atoms with Gasteiger partial charge in [-0.05, 0) is 33.2 Å². The Balaban J connectivity index is 1.78. The molecule has 0 aliphatic carbocycles. The molecule has 1 aliphatic heterocycles. The van der Waals surface area contributed by atoms with Crippen molar-refractivity contribution in [2.45, 2.75) is 20.3 Å². The van der Waals surface area contributed by atoms with Gasteiger partial charge in [-0.15, -0.1) is 0 Å². The maximum Gasteiger partial charge on any atom is 0.157 e. The molecule has 3 rings (SSSR count). The first-order valence-electron chi connectivity index (χ1n) is 7.77. The van der Waals surface area contributed by atoms with Gasteiger partial charge in [-0.25, -0.2) is 13.8 Å². The molecule has 0 bridgehead atoms. The summed E-state index contributed by atoms with van der Waals surface area (Å²) in [7, 11) is 3.71. The van der Waals surface area contributed by atoms with Gasteiger partial charge in [0.25, 0.3) is 0 Å². The van der Waals surface area contributed by atoms with Crippen LogP contribution in [0.5, 0.6) is 5.75 Å². The Bertz CT molecular complexity index is 697. The van der Waals surface area contributed by atoms with Crippen molar-refractivity contribution in [2.24, 2.45) is 11.1 Å². The van der Waals surface area contributed by atoms with E-state index in [9.17, 15) is 0 Å². The molecular formula is C15H24N6OS. The number of fused-ring (bicyclic) bond motifs is 1. The number of rotatable bonds is 6. The van der Waals surface area contributed by atoms with Crippen molar-refractivity contribution < 1.29 is 4.74 Å². The Morgan fingerprint density at radius 1 is 1.43 bits per heavy atom. The van der Waals surface area contributed by atoms with Gasteiger partial charge in [0.1, 0.15) is 17.1 Å². The maximum absolute atomic E-state index is 5.55. The minimum Gasteiger partial charge on any atom is -0.495 e. The van der Waals surface area contributed by atoms with E-state index in [2.05, 4.69) is 26.2 Å². The highest BCUT2D eigenvalue weighted by molar-refractivity contribution is 7.94. The Hall–Kier alpha value is -1.51. The lowest BCUT2D eigenvalue weighted by Gasteiger charge is -2.41. The molecule has 126 valence electrons. The molecule has 23 heavy (non-hydrogen) atoms. The summed E-state index contributed by atoms with van der Waals surface area (Å²) in [4.78, 5) is 7.01. The zero-order valence-electron chi connectivity index (χ0n) is 14.1. The van der Waals surface area contributed by atoms with E-state index in [1.165, 1.54) is 12.1 Å². The average Bonchev–Trinajstić information content (AvgIpc) is 2.81. The molecule has 1 aliphatic rings. The monoisotopic (exact) mass is 336 g/mol. The van der Waals surface area contributed by atoms with Gasteiger partial charge in [-0.2, -0.15) is 5.10 Å². The molecule has 0 atom stereocenters. The van der Waals surface area contributed by atoms with Gasteiger partial charge in [0.05, 0.1) is 13.3 Å². The second kappa shape index (κ2) is 6.54. The zero-order chi connectivity index (χ0) is 16.6. The van der Waals surface area contributed by atoms with Crippen molar-refractivity contribution in [3.05, 3.63) is 17.6 Å². The van der Waals surface area contributed by atoms with Gasteiger partial charge in [0, 0.05) is 37.3 Å². The number of anilines is 1. The van der Waals surface area contributed by atoms with E-state index >= 15 is 0 Å². The first-order valence-corrected chi connectivity index (χ1v) is 8.60. The molecule has 0 saturated carbocycles. The van der Waals surface area contributed by atoms with Crippen LogP contribution in [0.25, 0.3) is 5.52 Å². The van der Waals surface area contributed by atoms with Gasteiger partial charge < -0.3 is 9.64 Å². The summed E-state index contributed by atoms with van der Waals surface area (Å²) in [6.07, 6.45) is 3.08. The summed E-state index contributed by atoms with van der Waals surface area (Å²) in [5.41, 5.74) is 2.13. The molecule has 0 unspecified atom stereocenters. The highest BCUT2D eigenvalue weighted by Crippen LogP contribution is 2.34. The van der Waals surface area contributed by atoms with E-state index in [0.29, 0.717) is 5.92 Å². The standard InChI is InChI=1S/C15H24N6OS/c1-10-13(22-4)9-21-14(10)15(17-11(2)18-21)20-7-12(8-20)5-6-19(3)23-16/h9,12H,5-8,16H2,1-4H3. The fraction of sp³-hybridized carbons (Fsp3) is 0.600. The minimum atomic E-state index is 0.692. The maximum atomic E-state index is 5.55. The molecule has 3 heterocycles. The summed E-state index contributed by atoms with van der Waals surface area (Å²) >= 11 is 1.29. The summed E-state index contributed by atoms with van der Waals surface area (Å²) in [5.74, 6) is 3.32. The topological polar surface area (TPSA) is 71.9 Å². The van der Waals surface area contributed by atoms with Crippen LogP contribution in [0.2, 0.25) is 0 Å². The van der Waals surface area contributed by atoms with Crippen LogP contribution in [0, 0.1) is 19.8 Å². The highest BCUT2D eigenvalue weighted by atomic mass is 32.2. The van der Waals surface area contributed by atoms with Crippen LogP contribution in [-0.2, 0) is 0 Å². The van der Waals surface area contributed by atoms with Gasteiger partial charge >= 0.3 is 0 Å². The largest absolute Gasteiger partial charge is 0.495 e. The summed E-state index contributed by atoms with van der Waals surface area (Å²) in [6.45, 7) is 7.05. The number of aryl methyl sites for hydroxylation is 2. The van der Waals surface area contributed by atoms with Crippen LogP contribution < -0.4 is 14.8 Å². The van der Waals surface area contributed by atoms with Crippen molar-refractivity contribution in [1.82, 2.24) is 18.9 Å².